The molecule has 6 heteroatoms. The van der Waals surface area contributed by atoms with Crippen LogP contribution in [0.1, 0.15) is 5.69 Å². The molecule has 13 heavy (non-hydrogen) atoms. The molecule has 0 aliphatic rings. The van der Waals surface area contributed by atoms with Crippen molar-refractivity contribution in [3.63, 3.8) is 0 Å². The van der Waals surface area contributed by atoms with Gasteiger partial charge in [0.15, 0.2) is 0 Å². The summed E-state index contributed by atoms with van der Waals surface area (Å²) in [6, 6.07) is 2.09. The number of pyridine rings is 1. The quantitative estimate of drug-likeness (QED) is 0.677. The van der Waals surface area contributed by atoms with Crippen molar-refractivity contribution >= 4 is 0 Å². The van der Waals surface area contributed by atoms with E-state index in [9.17, 15) is 13.2 Å². The van der Waals surface area contributed by atoms with Crippen molar-refractivity contribution in [1.82, 2.24) is 11.1 Å². The zero-order valence-electron chi connectivity index (χ0n) is 6.67. The van der Waals surface area contributed by atoms with Crippen molar-refractivity contribution in [1.29, 1.82) is 0 Å². The minimum atomic E-state index is -4.38. The summed E-state index contributed by atoms with van der Waals surface area (Å²) in [6.45, 7) is 0. The molecule has 0 bridgehead atoms. The average molecular weight is 191 g/mol. The van der Waals surface area contributed by atoms with Crippen molar-refractivity contribution in [3.05, 3.63) is 24.0 Å². The Bertz CT molecular complexity index is 257. The minimum Gasteiger partial charge on any atom is -0.495 e. The van der Waals surface area contributed by atoms with Crippen LogP contribution in [0.2, 0.25) is 0 Å². The third kappa shape index (κ3) is 2.90. The predicted octanol–water partition coefficient (Wildman–Crippen LogP) is 1.63. The van der Waals surface area contributed by atoms with E-state index in [0.29, 0.717) is 5.75 Å². The van der Waals surface area contributed by atoms with Crippen LogP contribution in [0.5, 0.6) is 5.75 Å². The fraction of sp³-hybridized carbons (Fsp3) is 0.286. The van der Waals surface area contributed by atoms with Crippen LogP contribution >= 0.6 is 0 Å². The summed E-state index contributed by atoms with van der Waals surface area (Å²) in [7, 11) is 1.37. The topological polar surface area (TPSA) is 52.6 Å². The second-order valence-corrected chi connectivity index (χ2v) is 2.08. The number of hydrogen-bond acceptors (Lipinski definition) is 2. The van der Waals surface area contributed by atoms with Crippen LogP contribution in [0.25, 0.3) is 0 Å². The summed E-state index contributed by atoms with van der Waals surface area (Å²) < 4.78 is 40.4. The lowest BCUT2D eigenvalue weighted by atomic mass is 10.3. The molecule has 0 aliphatic carbocycles. The maximum atomic E-state index is 11.9. The summed E-state index contributed by atoms with van der Waals surface area (Å²) in [4.78, 5) is 3.17. The molecule has 0 atom stereocenters. The van der Waals surface area contributed by atoms with Gasteiger partial charge in [0.25, 0.3) is 0 Å². The molecule has 0 aliphatic heterocycles. The van der Waals surface area contributed by atoms with Crippen LogP contribution in [0.3, 0.4) is 0 Å². The van der Waals surface area contributed by atoms with Gasteiger partial charge in [0.1, 0.15) is 11.4 Å². The Kier molecular flexibility index (Phi) is 3.68. The molecule has 3 radical (unpaired) electrons. The zero-order valence-corrected chi connectivity index (χ0v) is 6.67. The molecule has 0 N–H and O–H groups in total. The predicted molar refractivity (Wildman–Crippen MR) is 37.9 cm³/mol. The first-order chi connectivity index (χ1) is 5.54. The van der Waals surface area contributed by atoms with Gasteiger partial charge in [-0.25, -0.2) is 4.98 Å². The molecule has 0 amide bonds. The second kappa shape index (κ2) is 4.08. The third-order valence-corrected chi connectivity index (χ3v) is 1.26. The van der Waals surface area contributed by atoms with Crippen molar-refractivity contribution in [2.45, 2.75) is 6.18 Å². The van der Waals surface area contributed by atoms with Crippen molar-refractivity contribution in [2.75, 3.05) is 7.11 Å². The third-order valence-electron chi connectivity index (χ3n) is 1.26. The second-order valence-electron chi connectivity index (χ2n) is 2.08. The van der Waals surface area contributed by atoms with Crippen molar-refractivity contribution in [3.8, 4) is 5.75 Å². The van der Waals surface area contributed by atoms with Gasteiger partial charge in [-0.3, -0.25) is 0 Å². The average Bonchev–Trinajstić information content (AvgIpc) is 2.03. The highest BCUT2D eigenvalue weighted by Crippen LogP contribution is 2.27. The van der Waals surface area contributed by atoms with Crippen LogP contribution < -0.4 is 10.9 Å². The maximum Gasteiger partial charge on any atom is 0.433 e. The molecule has 3 nitrogen and oxygen atoms in total. The van der Waals surface area contributed by atoms with Gasteiger partial charge in [0.05, 0.1) is 13.3 Å². The Balaban J connectivity index is 0.00000144. The van der Waals surface area contributed by atoms with Crippen LogP contribution in [0, 0.1) is 0 Å². The highest BCUT2D eigenvalue weighted by Gasteiger charge is 2.31. The summed E-state index contributed by atoms with van der Waals surface area (Å²) in [5, 5.41) is 0. The molecular weight excluding hydrogens is 185 g/mol. The summed E-state index contributed by atoms with van der Waals surface area (Å²) in [6.07, 6.45) is -3.35. The lowest BCUT2D eigenvalue weighted by molar-refractivity contribution is -0.141. The lowest BCUT2D eigenvalue weighted by Crippen LogP contribution is -2.07. The number of rotatable bonds is 1. The van der Waals surface area contributed by atoms with Crippen molar-refractivity contribution < 1.29 is 17.9 Å². The van der Waals surface area contributed by atoms with Gasteiger partial charge in [-0.15, -0.1) is 0 Å². The Morgan fingerprint density at radius 1 is 1.31 bits per heavy atom. The molecular formula is C7H6F3N2O. The van der Waals surface area contributed by atoms with Gasteiger partial charge in [0.2, 0.25) is 0 Å². The molecule has 0 saturated heterocycles. The number of halogens is 3. The summed E-state index contributed by atoms with van der Waals surface area (Å²) >= 11 is 0. The van der Waals surface area contributed by atoms with E-state index in [2.05, 4.69) is 9.72 Å². The number of ether oxygens (including phenoxy) is 1. The first kappa shape index (κ1) is 11.7. The Labute approximate surface area is 73.1 Å². The number of alkyl halides is 3. The van der Waals surface area contributed by atoms with E-state index in [0.717, 1.165) is 12.3 Å². The highest BCUT2D eigenvalue weighted by atomic mass is 19.4. The number of aromatic nitrogens is 1. The van der Waals surface area contributed by atoms with Gasteiger partial charge in [0, 0.05) is 6.15 Å². The Morgan fingerprint density at radius 2 is 1.92 bits per heavy atom. The first-order valence-electron chi connectivity index (χ1n) is 3.11. The standard InChI is InChI=1S/C7H6F3NO.N/c1-12-5-2-3-6(11-4-5)7(8,9)10;/h2-4H,1H3;. The summed E-state index contributed by atoms with van der Waals surface area (Å²) in [5.74, 6) is 0.308. The normalized spacial score (nSPS) is 10.5. The molecule has 1 aromatic heterocycles. The minimum absolute atomic E-state index is 0. The van der Waals surface area contributed by atoms with E-state index in [1.807, 2.05) is 0 Å². The van der Waals surface area contributed by atoms with Crippen LogP contribution in [-0.2, 0) is 6.18 Å². The van der Waals surface area contributed by atoms with Gasteiger partial charge in [-0.05, 0) is 12.1 Å². The van der Waals surface area contributed by atoms with Gasteiger partial charge >= 0.3 is 6.18 Å². The fourth-order valence-corrected chi connectivity index (χ4v) is 0.669. The Morgan fingerprint density at radius 3 is 2.23 bits per heavy atom. The van der Waals surface area contributed by atoms with Crippen molar-refractivity contribution in [2.24, 2.45) is 0 Å². The van der Waals surface area contributed by atoms with Crippen LogP contribution in [-0.4, -0.2) is 12.1 Å². The molecule has 0 spiro atoms. The van der Waals surface area contributed by atoms with E-state index in [1.54, 1.807) is 0 Å². The number of methoxy groups -OCH3 is 1. The zero-order chi connectivity index (χ0) is 9.19. The summed E-state index contributed by atoms with van der Waals surface area (Å²) in [5.41, 5.74) is -0.914. The van der Waals surface area contributed by atoms with E-state index >= 15 is 0 Å². The monoisotopic (exact) mass is 191 g/mol. The Hall–Kier alpha value is -1.30. The smallest absolute Gasteiger partial charge is 0.433 e. The number of hydrogen-bond donors (Lipinski definition) is 0. The van der Waals surface area contributed by atoms with Gasteiger partial charge < -0.3 is 4.74 Å². The largest absolute Gasteiger partial charge is 0.495 e. The maximum absolute atomic E-state index is 11.9. The van der Waals surface area contributed by atoms with Gasteiger partial charge in [-0.2, -0.15) is 13.2 Å². The first-order valence-corrected chi connectivity index (χ1v) is 3.11. The molecule has 0 saturated carbocycles. The molecule has 1 heterocycles. The van der Waals surface area contributed by atoms with E-state index in [-0.39, 0.29) is 6.15 Å². The van der Waals surface area contributed by atoms with Crippen LogP contribution in [0.15, 0.2) is 18.3 Å². The molecule has 0 unspecified atom stereocenters. The molecule has 1 rings (SSSR count). The SMILES string of the molecule is COc1ccc(C(F)(F)F)nc1.[N]. The van der Waals surface area contributed by atoms with E-state index in [4.69, 9.17) is 0 Å². The fourth-order valence-electron chi connectivity index (χ4n) is 0.669. The molecule has 1 aromatic rings. The molecule has 71 valence electrons. The van der Waals surface area contributed by atoms with E-state index in [1.165, 1.54) is 13.2 Å². The number of nitrogens with zero attached hydrogens (tertiary/aromatic N) is 2. The van der Waals surface area contributed by atoms with Crippen LogP contribution in [0.4, 0.5) is 13.2 Å². The lowest BCUT2D eigenvalue weighted by Gasteiger charge is -2.05. The highest BCUT2D eigenvalue weighted by molar-refractivity contribution is 5.20. The molecule has 0 aromatic carbocycles. The van der Waals surface area contributed by atoms with E-state index < -0.39 is 11.9 Å². The van der Waals surface area contributed by atoms with Gasteiger partial charge in [-0.1, -0.05) is 0 Å². The molecule has 0 fully saturated rings.